The molecule has 28 heavy (non-hydrogen) atoms. The van der Waals surface area contributed by atoms with Gasteiger partial charge in [0.05, 0.1) is 6.20 Å². The minimum atomic E-state index is 0.223. The van der Waals surface area contributed by atoms with E-state index in [4.69, 9.17) is 11.6 Å². The third kappa shape index (κ3) is 4.28. The highest BCUT2D eigenvalue weighted by atomic mass is 35.5. The minimum Gasteiger partial charge on any atom is -0.342 e. The maximum absolute atomic E-state index is 12.8. The average molecular weight is 394 g/mol. The number of carbonyl (C=O) groups is 1. The monoisotopic (exact) mass is 393 g/mol. The van der Waals surface area contributed by atoms with Crippen LogP contribution in [0.25, 0.3) is 11.1 Å². The summed E-state index contributed by atoms with van der Waals surface area (Å²) >= 11 is 5.93. The lowest BCUT2D eigenvalue weighted by Gasteiger charge is -2.33. The number of piperidine rings is 1. The molecular weight excluding hydrogens is 370 g/mol. The highest BCUT2D eigenvalue weighted by Gasteiger charge is 2.27. The zero-order valence-electron chi connectivity index (χ0n) is 15.8. The Hall–Kier alpha value is -2.59. The van der Waals surface area contributed by atoms with Gasteiger partial charge in [-0.1, -0.05) is 54.1 Å². The second-order valence-corrected chi connectivity index (χ2v) is 7.81. The summed E-state index contributed by atoms with van der Waals surface area (Å²) in [5, 5.41) is 8.21. The van der Waals surface area contributed by atoms with E-state index in [1.807, 2.05) is 53.6 Å². The molecule has 0 aliphatic carbocycles. The molecule has 1 saturated heterocycles. The highest BCUT2D eigenvalue weighted by Crippen LogP contribution is 2.33. The molecule has 0 bridgehead atoms. The molecule has 144 valence electrons. The van der Waals surface area contributed by atoms with Gasteiger partial charge in [-0.2, -0.15) is 5.10 Å². The van der Waals surface area contributed by atoms with Crippen LogP contribution in [-0.2, 0) is 11.2 Å². The third-order valence-corrected chi connectivity index (χ3v) is 5.73. The zero-order chi connectivity index (χ0) is 19.3. The fraction of sp³-hybridized carbons (Fsp3) is 0.304. The van der Waals surface area contributed by atoms with Gasteiger partial charge < -0.3 is 4.90 Å². The quantitative estimate of drug-likeness (QED) is 0.657. The van der Waals surface area contributed by atoms with Gasteiger partial charge in [-0.25, -0.2) is 0 Å². The smallest absolute Gasteiger partial charge is 0.222 e. The standard InChI is InChI=1S/C23H24ClN3O/c24-20-11-8-17(9-12-20)10-13-22(28)27-14-4-7-19(16-27)23-21(15-25-26-23)18-5-2-1-3-6-18/h1-3,5-6,8-9,11-12,15,19H,4,7,10,13-14,16H2,(H,25,26)/t19-/m1/s1. The first-order chi connectivity index (χ1) is 13.7. The number of halogens is 1. The largest absolute Gasteiger partial charge is 0.342 e. The van der Waals surface area contributed by atoms with Crippen LogP contribution >= 0.6 is 11.6 Å². The summed E-state index contributed by atoms with van der Waals surface area (Å²) in [5.41, 5.74) is 4.59. The van der Waals surface area contributed by atoms with Crippen molar-refractivity contribution in [2.45, 2.75) is 31.6 Å². The molecule has 0 radical (unpaired) electrons. The van der Waals surface area contributed by atoms with E-state index in [0.717, 1.165) is 59.8 Å². The van der Waals surface area contributed by atoms with Gasteiger partial charge in [0.1, 0.15) is 0 Å². The number of aromatic nitrogens is 2. The molecule has 3 aromatic rings. The summed E-state index contributed by atoms with van der Waals surface area (Å²) in [6.07, 6.45) is 5.26. The van der Waals surface area contributed by atoms with Crippen molar-refractivity contribution < 1.29 is 4.79 Å². The average Bonchev–Trinajstić information content (AvgIpc) is 3.24. The predicted molar refractivity (Wildman–Crippen MR) is 112 cm³/mol. The van der Waals surface area contributed by atoms with Crippen molar-refractivity contribution in [2.24, 2.45) is 0 Å². The van der Waals surface area contributed by atoms with Crippen LogP contribution in [0, 0.1) is 0 Å². The molecule has 2 aromatic carbocycles. The topological polar surface area (TPSA) is 49.0 Å². The Balaban J connectivity index is 1.41. The molecular formula is C23H24ClN3O. The van der Waals surface area contributed by atoms with Crippen LogP contribution in [0.2, 0.25) is 5.02 Å². The molecule has 1 aliphatic rings. The van der Waals surface area contributed by atoms with Gasteiger partial charge in [-0.3, -0.25) is 9.89 Å². The molecule has 1 atom stereocenters. The Kier molecular flexibility index (Phi) is 5.77. The number of rotatable bonds is 5. The minimum absolute atomic E-state index is 0.223. The van der Waals surface area contributed by atoms with E-state index in [0.29, 0.717) is 12.3 Å². The number of aryl methyl sites for hydroxylation is 1. The first-order valence-corrected chi connectivity index (χ1v) is 10.2. The Bertz CT molecular complexity index is 921. The third-order valence-electron chi connectivity index (χ3n) is 5.48. The highest BCUT2D eigenvalue weighted by molar-refractivity contribution is 6.30. The number of H-pyrrole nitrogens is 1. The lowest BCUT2D eigenvalue weighted by molar-refractivity contribution is -0.132. The normalized spacial score (nSPS) is 16.9. The molecule has 2 heterocycles. The maximum Gasteiger partial charge on any atom is 0.222 e. The van der Waals surface area contributed by atoms with Crippen LogP contribution < -0.4 is 0 Å². The second kappa shape index (κ2) is 8.61. The number of amides is 1. The molecule has 1 aliphatic heterocycles. The van der Waals surface area contributed by atoms with Crippen LogP contribution in [0.4, 0.5) is 0 Å². The molecule has 0 spiro atoms. The fourth-order valence-electron chi connectivity index (χ4n) is 3.95. The van der Waals surface area contributed by atoms with E-state index in [9.17, 15) is 4.79 Å². The number of likely N-dealkylation sites (tertiary alicyclic amines) is 1. The van der Waals surface area contributed by atoms with Gasteiger partial charge in [-0.15, -0.1) is 0 Å². The van der Waals surface area contributed by atoms with Crippen LogP contribution in [0.5, 0.6) is 0 Å². The van der Waals surface area contributed by atoms with Crippen molar-refractivity contribution in [1.29, 1.82) is 0 Å². The van der Waals surface area contributed by atoms with E-state index in [1.165, 1.54) is 0 Å². The van der Waals surface area contributed by atoms with Gasteiger partial charge in [0.25, 0.3) is 0 Å². The lowest BCUT2D eigenvalue weighted by atomic mass is 9.90. The first kappa shape index (κ1) is 18.8. The molecule has 1 N–H and O–H groups in total. The number of carbonyl (C=O) groups excluding carboxylic acids is 1. The Morgan fingerprint density at radius 1 is 1.14 bits per heavy atom. The summed E-state index contributed by atoms with van der Waals surface area (Å²) in [6, 6.07) is 18.0. The van der Waals surface area contributed by atoms with Crippen molar-refractivity contribution in [3.63, 3.8) is 0 Å². The van der Waals surface area contributed by atoms with Crippen molar-refractivity contribution >= 4 is 17.5 Å². The van der Waals surface area contributed by atoms with Crippen LogP contribution in [0.15, 0.2) is 60.8 Å². The van der Waals surface area contributed by atoms with Gasteiger partial charge in [0, 0.05) is 41.7 Å². The van der Waals surface area contributed by atoms with Gasteiger partial charge in [-0.05, 0) is 42.5 Å². The number of nitrogens with zero attached hydrogens (tertiary/aromatic N) is 2. The molecule has 5 heteroatoms. The molecule has 1 amide bonds. The SMILES string of the molecule is O=C(CCc1ccc(Cl)cc1)N1CCC[C@@H](c2[nH]ncc2-c2ccccc2)C1. The van der Waals surface area contributed by atoms with Crippen molar-refractivity contribution in [1.82, 2.24) is 15.1 Å². The number of hydrogen-bond donors (Lipinski definition) is 1. The summed E-state index contributed by atoms with van der Waals surface area (Å²) in [7, 11) is 0. The number of nitrogens with one attached hydrogen (secondary N) is 1. The number of benzene rings is 2. The summed E-state index contributed by atoms with van der Waals surface area (Å²) in [6.45, 7) is 1.59. The molecule has 1 aromatic heterocycles. The predicted octanol–water partition coefficient (Wildman–Crippen LogP) is 5.07. The Morgan fingerprint density at radius 2 is 1.93 bits per heavy atom. The zero-order valence-corrected chi connectivity index (χ0v) is 16.5. The summed E-state index contributed by atoms with van der Waals surface area (Å²) in [4.78, 5) is 14.8. The van der Waals surface area contributed by atoms with E-state index in [-0.39, 0.29) is 5.91 Å². The van der Waals surface area contributed by atoms with Crippen molar-refractivity contribution in [2.75, 3.05) is 13.1 Å². The maximum atomic E-state index is 12.8. The van der Waals surface area contributed by atoms with E-state index < -0.39 is 0 Å². The first-order valence-electron chi connectivity index (χ1n) is 9.81. The van der Waals surface area contributed by atoms with E-state index in [2.05, 4.69) is 22.3 Å². The molecule has 0 unspecified atom stereocenters. The molecule has 4 rings (SSSR count). The Labute approximate surface area is 170 Å². The van der Waals surface area contributed by atoms with Gasteiger partial charge in [0.2, 0.25) is 5.91 Å². The lowest BCUT2D eigenvalue weighted by Crippen LogP contribution is -2.39. The molecule has 1 fully saturated rings. The van der Waals surface area contributed by atoms with Crippen molar-refractivity contribution in [3.05, 3.63) is 77.1 Å². The summed E-state index contributed by atoms with van der Waals surface area (Å²) in [5.74, 6) is 0.520. The van der Waals surface area contributed by atoms with Crippen molar-refractivity contribution in [3.8, 4) is 11.1 Å². The number of hydrogen-bond acceptors (Lipinski definition) is 2. The second-order valence-electron chi connectivity index (χ2n) is 7.37. The van der Waals surface area contributed by atoms with Crippen LogP contribution in [-0.4, -0.2) is 34.1 Å². The van der Waals surface area contributed by atoms with Crippen LogP contribution in [0.3, 0.4) is 0 Å². The van der Waals surface area contributed by atoms with Gasteiger partial charge in [0.15, 0.2) is 0 Å². The Morgan fingerprint density at radius 3 is 2.71 bits per heavy atom. The number of aromatic amines is 1. The van der Waals surface area contributed by atoms with E-state index in [1.54, 1.807) is 0 Å². The van der Waals surface area contributed by atoms with Crippen LogP contribution in [0.1, 0.15) is 36.4 Å². The molecule has 0 saturated carbocycles. The van der Waals surface area contributed by atoms with Gasteiger partial charge >= 0.3 is 0 Å². The fourth-order valence-corrected chi connectivity index (χ4v) is 4.08. The van der Waals surface area contributed by atoms with E-state index >= 15 is 0 Å². The summed E-state index contributed by atoms with van der Waals surface area (Å²) < 4.78 is 0. The molecule has 4 nitrogen and oxygen atoms in total.